The number of phenols is 1. The average Bonchev–Trinajstić information content (AvgIpc) is 2.36. The fraction of sp³-hybridized carbons (Fsp3) is 0.143. The lowest BCUT2D eigenvalue weighted by molar-refractivity contribution is 0.475. The fourth-order valence-electron chi connectivity index (χ4n) is 1.74. The van der Waals surface area contributed by atoms with Crippen molar-refractivity contribution < 1.29 is 9.50 Å². The second-order valence-corrected chi connectivity index (χ2v) is 5.03. The average molecular weight is 300 g/mol. The van der Waals surface area contributed by atoms with E-state index in [1.54, 1.807) is 24.3 Å². The van der Waals surface area contributed by atoms with Crippen LogP contribution in [0.4, 0.5) is 10.1 Å². The number of nitrogens with one attached hydrogen (secondary N) is 1. The topological polar surface area (TPSA) is 32.3 Å². The quantitative estimate of drug-likeness (QED) is 0.781. The summed E-state index contributed by atoms with van der Waals surface area (Å²) in [5, 5.41) is 12.4. The standard InChI is InChI=1S/C14H12Cl2FNO/c1-8(9-2-4-11(19)5-3-9)18-10-6-12(15)14(17)13(16)7-10/h2-8,18-19H,1H3. The third-order valence-corrected chi connectivity index (χ3v) is 3.31. The van der Waals surface area contributed by atoms with Crippen molar-refractivity contribution in [2.75, 3.05) is 5.32 Å². The summed E-state index contributed by atoms with van der Waals surface area (Å²) >= 11 is 11.5. The Morgan fingerprint density at radius 2 is 1.63 bits per heavy atom. The maximum atomic E-state index is 13.3. The highest BCUT2D eigenvalue weighted by atomic mass is 35.5. The summed E-state index contributed by atoms with van der Waals surface area (Å²) in [6.07, 6.45) is 0. The van der Waals surface area contributed by atoms with Crippen LogP contribution in [0.25, 0.3) is 0 Å². The lowest BCUT2D eigenvalue weighted by atomic mass is 10.1. The minimum Gasteiger partial charge on any atom is -0.508 e. The van der Waals surface area contributed by atoms with Crippen molar-refractivity contribution in [2.45, 2.75) is 13.0 Å². The number of aromatic hydroxyl groups is 1. The zero-order chi connectivity index (χ0) is 14.0. The molecule has 0 spiro atoms. The van der Waals surface area contributed by atoms with Gasteiger partial charge in [0.15, 0.2) is 5.82 Å². The van der Waals surface area contributed by atoms with Crippen LogP contribution in [0, 0.1) is 5.82 Å². The first-order chi connectivity index (χ1) is 8.97. The Bertz CT molecular complexity index is 563. The van der Waals surface area contributed by atoms with Gasteiger partial charge in [0.25, 0.3) is 0 Å². The van der Waals surface area contributed by atoms with E-state index in [1.165, 1.54) is 12.1 Å². The molecule has 2 rings (SSSR count). The molecule has 2 N–H and O–H groups in total. The number of benzene rings is 2. The molecule has 2 aromatic rings. The summed E-state index contributed by atoms with van der Waals surface area (Å²) in [5.74, 6) is -0.407. The molecular weight excluding hydrogens is 288 g/mol. The Hall–Kier alpha value is -1.45. The zero-order valence-electron chi connectivity index (χ0n) is 10.1. The highest BCUT2D eigenvalue weighted by Crippen LogP contribution is 2.29. The highest BCUT2D eigenvalue weighted by Gasteiger charge is 2.10. The van der Waals surface area contributed by atoms with E-state index in [2.05, 4.69) is 5.32 Å². The van der Waals surface area contributed by atoms with Gasteiger partial charge in [0.1, 0.15) is 5.75 Å². The first-order valence-corrected chi connectivity index (χ1v) is 6.43. The van der Waals surface area contributed by atoms with Crippen LogP contribution in [0.2, 0.25) is 10.0 Å². The Labute approximate surface area is 120 Å². The van der Waals surface area contributed by atoms with Gasteiger partial charge in [-0.3, -0.25) is 0 Å². The van der Waals surface area contributed by atoms with E-state index in [9.17, 15) is 9.50 Å². The van der Waals surface area contributed by atoms with Crippen molar-refractivity contribution in [2.24, 2.45) is 0 Å². The summed E-state index contributed by atoms with van der Waals surface area (Å²) < 4.78 is 13.3. The van der Waals surface area contributed by atoms with E-state index < -0.39 is 5.82 Å². The Morgan fingerprint density at radius 3 is 2.16 bits per heavy atom. The van der Waals surface area contributed by atoms with Gasteiger partial charge in [-0.25, -0.2) is 4.39 Å². The molecule has 0 fully saturated rings. The summed E-state index contributed by atoms with van der Waals surface area (Å²) in [6.45, 7) is 1.94. The molecule has 19 heavy (non-hydrogen) atoms. The van der Waals surface area contributed by atoms with Gasteiger partial charge in [0.05, 0.1) is 10.0 Å². The molecule has 1 unspecified atom stereocenters. The van der Waals surface area contributed by atoms with E-state index in [4.69, 9.17) is 23.2 Å². The van der Waals surface area contributed by atoms with Crippen molar-refractivity contribution in [3.05, 3.63) is 57.8 Å². The summed E-state index contributed by atoms with van der Waals surface area (Å²) in [7, 11) is 0. The van der Waals surface area contributed by atoms with Gasteiger partial charge in [-0.2, -0.15) is 0 Å². The molecule has 0 radical (unpaired) electrons. The van der Waals surface area contributed by atoms with Crippen LogP contribution in [0.1, 0.15) is 18.5 Å². The van der Waals surface area contributed by atoms with Gasteiger partial charge in [0.2, 0.25) is 0 Å². The zero-order valence-corrected chi connectivity index (χ0v) is 11.6. The molecule has 2 aromatic carbocycles. The van der Waals surface area contributed by atoms with Crippen LogP contribution in [-0.2, 0) is 0 Å². The van der Waals surface area contributed by atoms with E-state index in [0.29, 0.717) is 5.69 Å². The molecule has 5 heteroatoms. The number of anilines is 1. The second-order valence-electron chi connectivity index (χ2n) is 4.21. The summed E-state index contributed by atoms with van der Waals surface area (Å²) in [5.41, 5.74) is 1.62. The van der Waals surface area contributed by atoms with Gasteiger partial charge in [-0.1, -0.05) is 35.3 Å². The molecule has 0 saturated heterocycles. The number of hydrogen-bond acceptors (Lipinski definition) is 2. The smallest absolute Gasteiger partial charge is 0.160 e. The molecule has 0 heterocycles. The number of phenolic OH excluding ortho intramolecular Hbond substituents is 1. The highest BCUT2D eigenvalue weighted by molar-refractivity contribution is 6.35. The first-order valence-electron chi connectivity index (χ1n) is 5.67. The van der Waals surface area contributed by atoms with Gasteiger partial charge in [0, 0.05) is 11.7 Å². The van der Waals surface area contributed by atoms with E-state index in [0.717, 1.165) is 5.56 Å². The maximum Gasteiger partial charge on any atom is 0.160 e. The molecular formula is C14H12Cl2FNO. The van der Waals surface area contributed by atoms with Crippen LogP contribution in [0.3, 0.4) is 0 Å². The predicted octanol–water partition coefficient (Wildman–Crippen LogP) is 5.01. The van der Waals surface area contributed by atoms with E-state index in [-0.39, 0.29) is 21.8 Å². The predicted molar refractivity (Wildman–Crippen MR) is 76.6 cm³/mol. The Kier molecular flexibility index (Phi) is 4.17. The Morgan fingerprint density at radius 1 is 1.11 bits per heavy atom. The van der Waals surface area contributed by atoms with Crippen LogP contribution >= 0.6 is 23.2 Å². The number of rotatable bonds is 3. The lowest BCUT2D eigenvalue weighted by Gasteiger charge is -2.16. The van der Waals surface area contributed by atoms with Gasteiger partial charge >= 0.3 is 0 Å². The minimum atomic E-state index is -0.619. The van der Waals surface area contributed by atoms with Gasteiger partial charge in [-0.05, 0) is 36.8 Å². The Balaban J connectivity index is 2.19. The largest absolute Gasteiger partial charge is 0.508 e. The molecule has 0 aliphatic carbocycles. The van der Waals surface area contributed by atoms with Crippen LogP contribution in [0.15, 0.2) is 36.4 Å². The van der Waals surface area contributed by atoms with Crippen molar-refractivity contribution in [3.63, 3.8) is 0 Å². The van der Waals surface area contributed by atoms with E-state index in [1.807, 2.05) is 6.92 Å². The number of hydrogen-bond donors (Lipinski definition) is 2. The van der Waals surface area contributed by atoms with Crippen molar-refractivity contribution in [3.8, 4) is 5.75 Å². The van der Waals surface area contributed by atoms with Gasteiger partial charge < -0.3 is 10.4 Å². The SMILES string of the molecule is CC(Nc1cc(Cl)c(F)c(Cl)c1)c1ccc(O)cc1. The second kappa shape index (κ2) is 5.68. The molecule has 0 amide bonds. The van der Waals surface area contributed by atoms with E-state index >= 15 is 0 Å². The molecule has 0 saturated carbocycles. The summed E-state index contributed by atoms with van der Waals surface area (Å²) in [6, 6.07) is 9.77. The monoisotopic (exact) mass is 299 g/mol. The third kappa shape index (κ3) is 3.31. The van der Waals surface area contributed by atoms with Crippen LogP contribution in [0.5, 0.6) is 5.75 Å². The number of halogens is 3. The molecule has 1 atom stereocenters. The lowest BCUT2D eigenvalue weighted by Crippen LogP contribution is -2.06. The van der Waals surface area contributed by atoms with Gasteiger partial charge in [-0.15, -0.1) is 0 Å². The molecule has 100 valence electrons. The fourth-order valence-corrected chi connectivity index (χ4v) is 2.22. The molecule has 2 nitrogen and oxygen atoms in total. The first kappa shape index (κ1) is 14.0. The van der Waals surface area contributed by atoms with Crippen molar-refractivity contribution in [1.82, 2.24) is 0 Å². The van der Waals surface area contributed by atoms with Crippen LogP contribution < -0.4 is 5.32 Å². The molecule has 0 aliphatic heterocycles. The third-order valence-electron chi connectivity index (χ3n) is 2.76. The summed E-state index contributed by atoms with van der Waals surface area (Å²) in [4.78, 5) is 0. The molecule has 0 bridgehead atoms. The maximum absolute atomic E-state index is 13.3. The van der Waals surface area contributed by atoms with Crippen LogP contribution in [-0.4, -0.2) is 5.11 Å². The van der Waals surface area contributed by atoms with Crippen molar-refractivity contribution >= 4 is 28.9 Å². The molecule has 0 aliphatic rings. The van der Waals surface area contributed by atoms with Crippen molar-refractivity contribution in [1.29, 1.82) is 0 Å². The molecule has 0 aromatic heterocycles. The minimum absolute atomic E-state index is 0.0205. The normalized spacial score (nSPS) is 12.2.